The number of hydrogen-bond donors (Lipinski definition) is 1. The molecule has 0 aromatic heterocycles. The highest BCUT2D eigenvalue weighted by atomic mass is 19.3. The second-order valence-electron chi connectivity index (χ2n) is 3.97. The van der Waals surface area contributed by atoms with Crippen LogP contribution in [0.15, 0.2) is 0 Å². The summed E-state index contributed by atoms with van der Waals surface area (Å²) in [5, 5.41) is 2.97. The van der Waals surface area contributed by atoms with E-state index in [1.54, 1.807) is 0 Å². The van der Waals surface area contributed by atoms with Gasteiger partial charge >= 0.3 is 0 Å². The summed E-state index contributed by atoms with van der Waals surface area (Å²) in [6.07, 6.45) is -0.635. The van der Waals surface area contributed by atoms with Crippen LogP contribution in [0.25, 0.3) is 0 Å². The van der Waals surface area contributed by atoms with Crippen LogP contribution in [0.3, 0.4) is 0 Å². The predicted octanol–water partition coefficient (Wildman–Crippen LogP) is 0.462. The molecule has 1 N–H and O–H groups in total. The molecule has 1 aliphatic carbocycles. The van der Waals surface area contributed by atoms with Gasteiger partial charge in [-0.2, -0.15) is 0 Å². The zero-order valence-corrected chi connectivity index (χ0v) is 7.88. The maximum absolute atomic E-state index is 12.2. The summed E-state index contributed by atoms with van der Waals surface area (Å²) in [5.41, 5.74) is 0. The van der Waals surface area contributed by atoms with Crippen molar-refractivity contribution < 1.29 is 13.6 Å². The summed E-state index contributed by atoms with van der Waals surface area (Å²) in [6, 6.07) is 0.0945. The highest BCUT2D eigenvalue weighted by Gasteiger charge is 2.38. The van der Waals surface area contributed by atoms with Crippen molar-refractivity contribution in [2.75, 3.05) is 19.6 Å². The van der Waals surface area contributed by atoms with Crippen molar-refractivity contribution in [3.8, 4) is 0 Å². The van der Waals surface area contributed by atoms with Crippen molar-refractivity contribution in [1.29, 1.82) is 0 Å². The first-order valence-corrected chi connectivity index (χ1v) is 4.98. The minimum atomic E-state index is -2.41. The first kappa shape index (κ1) is 9.83. The summed E-state index contributed by atoms with van der Waals surface area (Å²) in [4.78, 5) is 13.1. The first-order chi connectivity index (χ1) is 6.68. The summed E-state index contributed by atoms with van der Waals surface area (Å²) >= 11 is 0. The van der Waals surface area contributed by atoms with Gasteiger partial charge < -0.3 is 10.2 Å². The molecule has 14 heavy (non-hydrogen) atoms. The molecule has 0 radical (unpaired) electrons. The van der Waals surface area contributed by atoms with E-state index in [2.05, 4.69) is 5.32 Å². The molecule has 0 unspecified atom stereocenters. The van der Waals surface area contributed by atoms with Crippen LogP contribution in [0.5, 0.6) is 0 Å². The zero-order chi connectivity index (χ0) is 10.1. The molecule has 1 amide bonds. The van der Waals surface area contributed by atoms with Crippen molar-refractivity contribution in [1.82, 2.24) is 10.2 Å². The van der Waals surface area contributed by atoms with E-state index in [-0.39, 0.29) is 24.4 Å². The van der Waals surface area contributed by atoms with Crippen molar-refractivity contribution in [3.05, 3.63) is 0 Å². The van der Waals surface area contributed by atoms with Crippen LogP contribution in [-0.4, -0.2) is 42.9 Å². The molecule has 80 valence electrons. The van der Waals surface area contributed by atoms with Crippen LogP contribution in [-0.2, 0) is 4.79 Å². The number of carbonyl (C=O) groups excluding carboxylic acids is 1. The summed E-state index contributed by atoms with van der Waals surface area (Å²) < 4.78 is 24.4. The van der Waals surface area contributed by atoms with Gasteiger partial charge in [-0.3, -0.25) is 4.79 Å². The third-order valence-electron chi connectivity index (χ3n) is 2.74. The average Bonchev–Trinajstić information content (AvgIpc) is 2.78. The number of halogens is 2. The topological polar surface area (TPSA) is 32.3 Å². The Balaban J connectivity index is 1.91. The molecular weight excluding hydrogens is 190 g/mol. The lowest BCUT2D eigenvalue weighted by molar-refractivity contribution is -0.139. The fourth-order valence-corrected chi connectivity index (χ4v) is 1.65. The number of nitrogens with zero attached hydrogens (tertiary/aromatic N) is 1. The highest BCUT2D eigenvalue weighted by Crippen LogP contribution is 2.29. The van der Waals surface area contributed by atoms with E-state index in [0.717, 1.165) is 12.8 Å². The quantitative estimate of drug-likeness (QED) is 0.721. The molecule has 0 atom stereocenters. The predicted molar refractivity (Wildman–Crippen MR) is 47.1 cm³/mol. The fraction of sp³-hybridized carbons (Fsp3) is 0.889. The zero-order valence-electron chi connectivity index (χ0n) is 7.88. The van der Waals surface area contributed by atoms with Gasteiger partial charge in [-0.25, -0.2) is 8.78 Å². The van der Waals surface area contributed by atoms with Gasteiger partial charge in [0.15, 0.2) is 0 Å². The van der Waals surface area contributed by atoms with Gasteiger partial charge in [0.25, 0.3) is 6.43 Å². The van der Waals surface area contributed by atoms with Gasteiger partial charge in [-0.05, 0) is 12.8 Å². The molecule has 2 rings (SSSR count). The van der Waals surface area contributed by atoms with Crippen LogP contribution < -0.4 is 5.32 Å². The third-order valence-corrected chi connectivity index (χ3v) is 2.74. The third kappa shape index (κ3) is 2.03. The molecule has 0 aromatic rings. The minimum absolute atomic E-state index is 0.0608. The number of rotatable bonds is 4. The standard InChI is InChI=1S/C9H14F2N2O/c10-8(11)5-13(7-1-2-7)9(14)6-3-12-4-6/h6-8,12H,1-5H2. The number of nitrogens with one attached hydrogen (secondary N) is 1. The smallest absolute Gasteiger partial charge is 0.255 e. The molecule has 0 bridgehead atoms. The number of amides is 1. The monoisotopic (exact) mass is 204 g/mol. The van der Waals surface area contributed by atoms with Gasteiger partial charge in [0, 0.05) is 19.1 Å². The van der Waals surface area contributed by atoms with Crippen molar-refractivity contribution in [3.63, 3.8) is 0 Å². The van der Waals surface area contributed by atoms with Gasteiger partial charge in [-0.15, -0.1) is 0 Å². The maximum atomic E-state index is 12.2. The van der Waals surface area contributed by atoms with Crippen LogP contribution in [0.4, 0.5) is 8.78 Å². The Labute approximate surface area is 81.4 Å². The van der Waals surface area contributed by atoms with Crippen molar-refractivity contribution in [2.45, 2.75) is 25.3 Å². The largest absolute Gasteiger partial charge is 0.334 e. The lowest BCUT2D eigenvalue weighted by atomic mass is 10.0. The second-order valence-corrected chi connectivity index (χ2v) is 3.97. The van der Waals surface area contributed by atoms with E-state index in [4.69, 9.17) is 0 Å². The summed E-state index contributed by atoms with van der Waals surface area (Å²) in [7, 11) is 0. The normalized spacial score (nSPS) is 22.2. The van der Waals surface area contributed by atoms with Crippen LogP contribution in [0.1, 0.15) is 12.8 Å². The van der Waals surface area contributed by atoms with E-state index < -0.39 is 6.43 Å². The lowest BCUT2D eigenvalue weighted by Crippen LogP contribution is -2.53. The molecule has 2 fully saturated rings. The summed E-state index contributed by atoms with van der Waals surface area (Å²) in [5.74, 6) is -0.152. The molecule has 0 spiro atoms. The Bertz CT molecular complexity index is 227. The van der Waals surface area contributed by atoms with E-state index in [1.165, 1.54) is 4.90 Å². The van der Waals surface area contributed by atoms with Crippen LogP contribution in [0.2, 0.25) is 0 Å². The molecule has 1 heterocycles. The Morgan fingerprint density at radius 1 is 1.43 bits per heavy atom. The minimum Gasteiger partial charge on any atom is -0.334 e. The Kier molecular flexibility index (Phi) is 2.67. The Morgan fingerprint density at radius 2 is 2.07 bits per heavy atom. The number of hydrogen-bond acceptors (Lipinski definition) is 2. The maximum Gasteiger partial charge on any atom is 0.255 e. The van der Waals surface area contributed by atoms with Gasteiger partial charge in [-0.1, -0.05) is 0 Å². The van der Waals surface area contributed by atoms with E-state index in [9.17, 15) is 13.6 Å². The average molecular weight is 204 g/mol. The Hall–Kier alpha value is -0.710. The molecule has 1 saturated carbocycles. The Morgan fingerprint density at radius 3 is 2.43 bits per heavy atom. The molecule has 0 aromatic carbocycles. The SMILES string of the molecule is O=C(C1CNC1)N(CC(F)F)C1CC1. The van der Waals surface area contributed by atoms with Gasteiger partial charge in [0.05, 0.1) is 12.5 Å². The first-order valence-electron chi connectivity index (χ1n) is 4.98. The van der Waals surface area contributed by atoms with Crippen molar-refractivity contribution >= 4 is 5.91 Å². The van der Waals surface area contributed by atoms with Crippen LogP contribution >= 0.6 is 0 Å². The van der Waals surface area contributed by atoms with E-state index in [0.29, 0.717) is 13.1 Å². The molecule has 2 aliphatic rings. The fourth-order valence-electron chi connectivity index (χ4n) is 1.65. The number of carbonyl (C=O) groups is 1. The van der Waals surface area contributed by atoms with Crippen LogP contribution in [0, 0.1) is 5.92 Å². The molecule has 3 nitrogen and oxygen atoms in total. The van der Waals surface area contributed by atoms with Gasteiger partial charge in [0.1, 0.15) is 0 Å². The van der Waals surface area contributed by atoms with E-state index in [1.807, 2.05) is 0 Å². The highest BCUT2D eigenvalue weighted by molar-refractivity contribution is 5.80. The molecule has 1 saturated heterocycles. The molecule has 1 aliphatic heterocycles. The lowest BCUT2D eigenvalue weighted by Gasteiger charge is -2.32. The molecular formula is C9H14F2N2O. The second kappa shape index (κ2) is 3.81. The molecule has 5 heteroatoms. The van der Waals surface area contributed by atoms with Crippen molar-refractivity contribution in [2.24, 2.45) is 5.92 Å². The van der Waals surface area contributed by atoms with E-state index >= 15 is 0 Å². The number of alkyl halides is 2. The summed E-state index contributed by atoms with van der Waals surface area (Å²) in [6.45, 7) is 0.899. The van der Waals surface area contributed by atoms with Gasteiger partial charge in [0.2, 0.25) is 5.91 Å².